The van der Waals surface area contributed by atoms with Crippen molar-refractivity contribution in [2.24, 2.45) is 0 Å². The number of aromatic nitrogens is 2. The second kappa shape index (κ2) is 8.93. The number of amides is 1. The van der Waals surface area contributed by atoms with Gasteiger partial charge in [0.2, 0.25) is 11.0 Å². The second-order valence-electron chi connectivity index (χ2n) is 5.03. The topological polar surface area (TPSA) is 66.9 Å². The molecule has 0 fully saturated rings. The van der Waals surface area contributed by atoms with Crippen molar-refractivity contribution in [3.8, 4) is 0 Å². The van der Waals surface area contributed by atoms with Gasteiger partial charge in [-0.2, -0.15) is 0 Å². The Balaban J connectivity index is 1.88. The molecule has 1 amide bonds. The first-order valence-corrected chi connectivity index (χ1v) is 9.19. The molecule has 2 aromatic rings. The van der Waals surface area contributed by atoms with Crippen LogP contribution in [-0.2, 0) is 4.79 Å². The van der Waals surface area contributed by atoms with Crippen LogP contribution >= 0.6 is 23.1 Å². The van der Waals surface area contributed by atoms with Gasteiger partial charge in [-0.3, -0.25) is 4.79 Å². The van der Waals surface area contributed by atoms with Crippen molar-refractivity contribution >= 4 is 39.8 Å². The molecule has 0 saturated carbocycles. The molecule has 2 N–H and O–H groups in total. The molecular weight excluding hydrogens is 354 g/mol. The van der Waals surface area contributed by atoms with Crippen molar-refractivity contribution < 1.29 is 13.6 Å². The van der Waals surface area contributed by atoms with E-state index in [4.69, 9.17) is 0 Å². The number of nitrogens with one attached hydrogen (secondary N) is 2. The van der Waals surface area contributed by atoms with E-state index in [9.17, 15) is 13.6 Å². The van der Waals surface area contributed by atoms with Gasteiger partial charge in [-0.1, -0.05) is 36.4 Å². The first-order chi connectivity index (χ1) is 11.5. The number of hydrogen-bond acceptors (Lipinski definition) is 6. The summed E-state index contributed by atoms with van der Waals surface area (Å²) in [6.07, 6.45) is 2.14. The molecular formula is C15H18F2N4OS2. The van der Waals surface area contributed by atoms with Crippen molar-refractivity contribution in [3.63, 3.8) is 0 Å². The third-order valence-electron chi connectivity index (χ3n) is 3.05. The fourth-order valence-electron chi connectivity index (χ4n) is 1.72. The number of halogens is 2. The lowest BCUT2D eigenvalue weighted by atomic mass is 10.3. The summed E-state index contributed by atoms with van der Waals surface area (Å²) in [5, 5.41) is 14.0. The Labute approximate surface area is 147 Å². The SMILES string of the molecule is CCCCNc1nnc(S[C@H](C)C(=O)Nc2ccc(F)c(F)c2)s1. The normalized spacial score (nSPS) is 12.0. The Morgan fingerprint density at radius 3 is 2.83 bits per heavy atom. The lowest BCUT2D eigenvalue weighted by Crippen LogP contribution is -2.22. The van der Waals surface area contributed by atoms with Gasteiger partial charge < -0.3 is 10.6 Å². The molecule has 0 spiro atoms. The largest absolute Gasteiger partial charge is 0.360 e. The fraction of sp³-hybridized carbons (Fsp3) is 0.400. The monoisotopic (exact) mass is 372 g/mol. The lowest BCUT2D eigenvalue weighted by Gasteiger charge is -2.10. The number of unbranched alkanes of at least 4 members (excludes halogenated alkanes) is 1. The predicted molar refractivity (Wildman–Crippen MR) is 93.6 cm³/mol. The molecule has 0 aliphatic carbocycles. The fourth-order valence-corrected chi connectivity index (χ4v) is 3.65. The van der Waals surface area contributed by atoms with Crippen LogP contribution in [0.1, 0.15) is 26.7 Å². The molecule has 5 nitrogen and oxygen atoms in total. The van der Waals surface area contributed by atoms with E-state index in [0.29, 0.717) is 4.34 Å². The maximum absolute atomic E-state index is 13.2. The lowest BCUT2D eigenvalue weighted by molar-refractivity contribution is -0.115. The molecule has 9 heteroatoms. The van der Waals surface area contributed by atoms with E-state index in [1.165, 1.54) is 29.2 Å². The highest BCUT2D eigenvalue weighted by Gasteiger charge is 2.18. The third kappa shape index (κ3) is 5.41. The molecule has 0 saturated heterocycles. The van der Waals surface area contributed by atoms with Gasteiger partial charge in [-0.05, 0) is 25.5 Å². The molecule has 130 valence electrons. The van der Waals surface area contributed by atoms with Crippen LogP contribution in [0.15, 0.2) is 22.5 Å². The average molecular weight is 372 g/mol. The van der Waals surface area contributed by atoms with E-state index < -0.39 is 16.9 Å². The van der Waals surface area contributed by atoms with Crippen molar-refractivity contribution in [2.45, 2.75) is 36.3 Å². The number of benzene rings is 1. The third-order valence-corrected chi connectivity index (χ3v) is 5.11. The molecule has 24 heavy (non-hydrogen) atoms. The van der Waals surface area contributed by atoms with Gasteiger partial charge in [0.1, 0.15) is 0 Å². The number of anilines is 2. The summed E-state index contributed by atoms with van der Waals surface area (Å²) in [6, 6.07) is 3.24. The first-order valence-electron chi connectivity index (χ1n) is 7.49. The van der Waals surface area contributed by atoms with E-state index in [1.807, 2.05) is 0 Å². The molecule has 0 aliphatic rings. The summed E-state index contributed by atoms with van der Waals surface area (Å²) in [7, 11) is 0. The Morgan fingerprint density at radius 1 is 1.33 bits per heavy atom. The minimum Gasteiger partial charge on any atom is -0.360 e. The minimum absolute atomic E-state index is 0.213. The molecule has 0 bridgehead atoms. The predicted octanol–water partition coefficient (Wildman–Crippen LogP) is 4.15. The molecule has 1 atom stereocenters. The summed E-state index contributed by atoms with van der Waals surface area (Å²) in [5.41, 5.74) is 0.213. The zero-order valence-electron chi connectivity index (χ0n) is 13.3. The number of carbonyl (C=O) groups excluding carboxylic acids is 1. The van der Waals surface area contributed by atoms with Crippen molar-refractivity contribution in [2.75, 3.05) is 17.2 Å². The number of thioether (sulfide) groups is 1. The molecule has 1 aromatic carbocycles. The summed E-state index contributed by atoms with van der Waals surface area (Å²) >= 11 is 2.64. The van der Waals surface area contributed by atoms with Crippen LogP contribution in [-0.4, -0.2) is 27.9 Å². The molecule has 0 aliphatic heterocycles. The maximum Gasteiger partial charge on any atom is 0.237 e. The highest BCUT2D eigenvalue weighted by Crippen LogP contribution is 2.29. The van der Waals surface area contributed by atoms with Crippen LogP contribution in [0, 0.1) is 11.6 Å². The van der Waals surface area contributed by atoms with Crippen LogP contribution < -0.4 is 10.6 Å². The first kappa shape index (κ1) is 18.6. The zero-order valence-corrected chi connectivity index (χ0v) is 14.9. The van der Waals surface area contributed by atoms with Crippen LogP contribution in [0.2, 0.25) is 0 Å². The molecule has 1 aromatic heterocycles. The van der Waals surface area contributed by atoms with E-state index >= 15 is 0 Å². The standard InChI is InChI=1S/C15H18F2N4OS2/c1-3-4-7-18-14-20-21-15(24-14)23-9(2)13(22)19-10-5-6-11(16)12(17)8-10/h5-6,8-9H,3-4,7H2,1-2H3,(H,18,20)(H,19,22)/t9-/m1/s1. The van der Waals surface area contributed by atoms with Gasteiger partial charge in [0.15, 0.2) is 16.0 Å². The Hall–Kier alpha value is -1.74. The van der Waals surface area contributed by atoms with Gasteiger partial charge >= 0.3 is 0 Å². The van der Waals surface area contributed by atoms with E-state index in [2.05, 4.69) is 27.8 Å². The number of carbonyl (C=O) groups is 1. The highest BCUT2D eigenvalue weighted by molar-refractivity contribution is 8.02. The summed E-state index contributed by atoms with van der Waals surface area (Å²) in [4.78, 5) is 12.1. The van der Waals surface area contributed by atoms with Gasteiger partial charge in [-0.15, -0.1) is 10.2 Å². The van der Waals surface area contributed by atoms with Gasteiger partial charge in [-0.25, -0.2) is 8.78 Å². The van der Waals surface area contributed by atoms with Gasteiger partial charge in [0, 0.05) is 18.3 Å². The molecule has 2 rings (SSSR count). The number of hydrogen-bond donors (Lipinski definition) is 2. The van der Waals surface area contributed by atoms with E-state index in [1.54, 1.807) is 6.92 Å². The maximum atomic E-state index is 13.2. The van der Waals surface area contributed by atoms with Crippen LogP contribution in [0.25, 0.3) is 0 Å². The average Bonchev–Trinajstić information content (AvgIpc) is 2.98. The summed E-state index contributed by atoms with van der Waals surface area (Å²) < 4.78 is 26.7. The number of nitrogens with zero attached hydrogens (tertiary/aromatic N) is 2. The van der Waals surface area contributed by atoms with Crippen molar-refractivity contribution in [1.82, 2.24) is 10.2 Å². The van der Waals surface area contributed by atoms with E-state index in [0.717, 1.165) is 36.7 Å². The second-order valence-corrected chi connectivity index (χ2v) is 7.60. The van der Waals surface area contributed by atoms with E-state index in [-0.39, 0.29) is 11.6 Å². The van der Waals surface area contributed by atoms with Crippen LogP contribution in [0.4, 0.5) is 19.6 Å². The molecule has 1 heterocycles. The Kier molecular flexibility index (Phi) is 6.92. The van der Waals surface area contributed by atoms with Crippen LogP contribution in [0.5, 0.6) is 0 Å². The molecule has 0 radical (unpaired) electrons. The summed E-state index contributed by atoms with van der Waals surface area (Å²) in [6.45, 7) is 4.66. The van der Waals surface area contributed by atoms with Crippen LogP contribution in [0.3, 0.4) is 0 Å². The molecule has 0 unspecified atom stereocenters. The van der Waals surface area contributed by atoms with Crippen molar-refractivity contribution in [1.29, 1.82) is 0 Å². The smallest absolute Gasteiger partial charge is 0.237 e. The zero-order chi connectivity index (χ0) is 17.5. The minimum atomic E-state index is -1.000. The Bertz CT molecular complexity index is 696. The quantitative estimate of drug-likeness (QED) is 0.538. The number of rotatable bonds is 8. The summed E-state index contributed by atoms with van der Waals surface area (Å²) in [5.74, 6) is -2.27. The Morgan fingerprint density at radius 2 is 2.12 bits per heavy atom. The highest BCUT2D eigenvalue weighted by atomic mass is 32.2. The van der Waals surface area contributed by atoms with Gasteiger partial charge in [0.05, 0.1) is 5.25 Å². The van der Waals surface area contributed by atoms with Crippen molar-refractivity contribution in [3.05, 3.63) is 29.8 Å². The van der Waals surface area contributed by atoms with Gasteiger partial charge in [0.25, 0.3) is 0 Å².